The third-order valence-electron chi connectivity index (χ3n) is 4.86. The second-order valence-corrected chi connectivity index (χ2v) is 6.37. The van der Waals surface area contributed by atoms with Gasteiger partial charge in [-0.1, -0.05) is 32.6 Å². The predicted molar refractivity (Wildman–Crippen MR) is 65.5 cm³/mol. The molecule has 2 nitrogen and oxygen atoms in total. The molecule has 1 heterocycles. The standard InChI is InChI=1S/C14H25NO/c1-11-5-4-8-14(9-11)10-16-13-7-3-2-6-12(13)15-14/h11-13,15H,2-10H2,1H3. The number of morpholine rings is 1. The van der Waals surface area contributed by atoms with E-state index in [9.17, 15) is 0 Å². The van der Waals surface area contributed by atoms with Gasteiger partial charge in [0.2, 0.25) is 0 Å². The molecule has 3 aliphatic rings. The zero-order valence-electron chi connectivity index (χ0n) is 10.5. The van der Waals surface area contributed by atoms with Gasteiger partial charge in [-0.3, -0.25) is 0 Å². The molecule has 2 aliphatic carbocycles. The van der Waals surface area contributed by atoms with E-state index in [4.69, 9.17) is 4.74 Å². The third kappa shape index (κ3) is 2.02. The fraction of sp³-hybridized carbons (Fsp3) is 1.00. The van der Waals surface area contributed by atoms with E-state index in [0.29, 0.717) is 17.7 Å². The molecule has 1 N–H and O–H groups in total. The maximum Gasteiger partial charge on any atom is 0.0729 e. The van der Waals surface area contributed by atoms with Crippen molar-refractivity contribution in [1.82, 2.24) is 5.32 Å². The highest BCUT2D eigenvalue weighted by atomic mass is 16.5. The Bertz CT molecular complexity index is 255. The Morgan fingerprint density at radius 2 is 2.00 bits per heavy atom. The van der Waals surface area contributed by atoms with Crippen molar-refractivity contribution in [3.8, 4) is 0 Å². The van der Waals surface area contributed by atoms with E-state index in [-0.39, 0.29) is 0 Å². The third-order valence-corrected chi connectivity index (χ3v) is 4.86. The quantitative estimate of drug-likeness (QED) is 0.682. The van der Waals surface area contributed by atoms with Gasteiger partial charge in [0.05, 0.1) is 12.7 Å². The van der Waals surface area contributed by atoms with Gasteiger partial charge in [0, 0.05) is 11.6 Å². The molecule has 1 spiro atoms. The molecule has 2 heteroatoms. The fourth-order valence-electron chi connectivity index (χ4n) is 4.09. The molecule has 0 aromatic rings. The molecule has 0 aromatic heterocycles. The molecule has 0 aromatic carbocycles. The van der Waals surface area contributed by atoms with Gasteiger partial charge in [-0.2, -0.15) is 0 Å². The number of ether oxygens (including phenoxy) is 1. The van der Waals surface area contributed by atoms with E-state index in [1.807, 2.05) is 0 Å². The van der Waals surface area contributed by atoms with E-state index in [1.54, 1.807) is 0 Å². The Balaban J connectivity index is 1.68. The Hall–Kier alpha value is -0.0800. The van der Waals surface area contributed by atoms with Gasteiger partial charge in [-0.25, -0.2) is 0 Å². The molecule has 4 atom stereocenters. The summed E-state index contributed by atoms with van der Waals surface area (Å²) in [5.41, 5.74) is 0.343. The zero-order valence-corrected chi connectivity index (χ0v) is 10.5. The van der Waals surface area contributed by atoms with Crippen LogP contribution in [0.4, 0.5) is 0 Å². The van der Waals surface area contributed by atoms with Gasteiger partial charge in [-0.15, -0.1) is 0 Å². The van der Waals surface area contributed by atoms with Crippen LogP contribution >= 0.6 is 0 Å². The average molecular weight is 223 g/mol. The summed E-state index contributed by atoms with van der Waals surface area (Å²) in [6.45, 7) is 3.37. The number of hydrogen-bond donors (Lipinski definition) is 1. The summed E-state index contributed by atoms with van der Waals surface area (Å²) in [6.07, 6.45) is 11.4. The highest BCUT2D eigenvalue weighted by molar-refractivity contribution is 5.00. The predicted octanol–water partition coefficient (Wildman–Crippen LogP) is 2.87. The van der Waals surface area contributed by atoms with Crippen molar-refractivity contribution in [1.29, 1.82) is 0 Å². The first-order valence-corrected chi connectivity index (χ1v) is 7.17. The lowest BCUT2D eigenvalue weighted by Gasteiger charge is -2.50. The Labute approximate surface area is 99.1 Å². The molecule has 4 unspecified atom stereocenters. The van der Waals surface area contributed by atoms with E-state index in [0.717, 1.165) is 12.5 Å². The summed E-state index contributed by atoms with van der Waals surface area (Å²) in [4.78, 5) is 0. The van der Waals surface area contributed by atoms with Gasteiger partial charge >= 0.3 is 0 Å². The summed E-state index contributed by atoms with van der Waals surface area (Å²) >= 11 is 0. The van der Waals surface area contributed by atoms with Gasteiger partial charge in [0.1, 0.15) is 0 Å². The number of nitrogens with one attached hydrogen (secondary N) is 1. The van der Waals surface area contributed by atoms with Crippen LogP contribution in [0.2, 0.25) is 0 Å². The Kier molecular flexibility index (Phi) is 2.97. The molecule has 16 heavy (non-hydrogen) atoms. The van der Waals surface area contributed by atoms with Gasteiger partial charge in [0.15, 0.2) is 0 Å². The second-order valence-electron chi connectivity index (χ2n) is 6.37. The SMILES string of the molecule is CC1CCCC2(COC3CCCCC3N2)C1. The number of hydrogen-bond acceptors (Lipinski definition) is 2. The van der Waals surface area contributed by atoms with Crippen molar-refractivity contribution < 1.29 is 4.74 Å². The first-order chi connectivity index (χ1) is 7.77. The monoisotopic (exact) mass is 223 g/mol. The van der Waals surface area contributed by atoms with Crippen LogP contribution in [0.1, 0.15) is 58.3 Å². The van der Waals surface area contributed by atoms with Crippen molar-refractivity contribution in [2.75, 3.05) is 6.61 Å². The molecule has 1 saturated heterocycles. The summed E-state index contributed by atoms with van der Waals surface area (Å²) in [7, 11) is 0. The molecular formula is C14H25NO. The van der Waals surface area contributed by atoms with Crippen LogP contribution in [-0.4, -0.2) is 24.3 Å². The molecule has 3 fully saturated rings. The first kappa shape index (κ1) is 11.0. The maximum absolute atomic E-state index is 6.16. The van der Waals surface area contributed by atoms with Gasteiger partial charge in [-0.05, 0) is 31.6 Å². The Morgan fingerprint density at radius 3 is 2.88 bits per heavy atom. The lowest BCUT2D eigenvalue weighted by molar-refractivity contribution is -0.0918. The van der Waals surface area contributed by atoms with Crippen LogP contribution in [0.3, 0.4) is 0 Å². The lowest BCUT2D eigenvalue weighted by Crippen LogP contribution is -2.64. The van der Waals surface area contributed by atoms with Gasteiger partial charge < -0.3 is 10.1 Å². The van der Waals surface area contributed by atoms with Crippen LogP contribution in [-0.2, 0) is 4.74 Å². The maximum atomic E-state index is 6.16. The summed E-state index contributed by atoms with van der Waals surface area (Å²) in [5.74, 6) is 0.880. The van der Waals surface area contributed by atoms with Crippen LogP contribution in [0.15, 0.2) is 0 Å². The smallest absolute Gasteiger partial charge is 0.0729 e. The lowest BCUT2D eigenvalue weighted by atomic mass is 9.74. The molecular weight excluding hydrogens is 198 g/mol. The van der Waals surface area contributed by atoms with E-state index >= 15 is 0 Å². The zero-order chi connectivity index (χ0) is 11.0. The molecule has 1 aliphatic heterocycles. The highest BCUT2D eigenvalue weighted by Gasteiger charge is 2.43. The first-order valence-electron chi connectivity index (χ1n) is 7.17. The number of fused-ring (bicyclic) bond motifs is 1. The van der Waals surface area contributed by atoms with Crippen molar-refractivity contribution in [2.24, 2.45) is 5.92 Å². The van der Waals surface area contributed by atoms with E-state index < -0.39 is 0 Å². The minimum absolute atomic E-state index is 0.343. The summed E-state index contributed by atoms with van der Waals surface area (Å²) in [6, 6.07) is 0.660. The molecule has 3 rings (SSSR count). The van der Waals surface area contributed by atoms with E-state index in [2.05, 4.69) is 12.2 Å². The molecule has 92 valence electrons. The minimum atomic E-state index is 0.343. The largest absolute Gasteiger partial charge is 0.375 e. The minimum Gasteiger partial charge on any atom is -0.375 e. The van der Waals surface area contributed by atoms with Crippen LogP contribution in [0.25, 0.3) is 0 Å². The molecule has 0 bridgehead atoms. The van der Waals surface area contributed by atoms with Crippen molar-refractivity contribution in [2.45, 2.75) is 76.0 Å². The normalized spacial score (nSPS) is 48.9. The summed E-state index contributed by atoms with van der Waals surface area (Å²) < 4.78 is 6.16. The second kappa shape index (κ2) is 4.30. The van der Waals surface area contributed by atoms with E-state index in [1.165, 1.54) is 51.4 Å². The molecule has 0 radical (unpaired) electrons. The Morgan fingerprint density at radius 1 is 1.12 bits per heavy atom. The van der Waals surface area contributed by atoms with Crippen LogP contribution < -0.4 is 5.32 Å². The average Bonchev–Trinajstić information content (AvgIpc) is 2.28. The van der Waals surface area contributed by atoms with Crippen molar-refractivity contribution >= 4 is 0 Å². The van der Waals surface area contributed by atoms with Crippen LogP contribution in [0.5, 0.6) is 0 Å². The molecule has 0 amide bonds. The van der Waals surface area contributed by atoms with Crippen molar-refractivity contribution in [3.63, 3.8) is 0 Å². The fourth-order valence-corrected chi connectivity index (χ4v) is 4.09. The van der Waals surface area contributed by atoms with Crippen LogP contribution in [0, 0.1) is 5.92 Å². The highest BCUT2D eigenvalue weighted by Crippen LogP contribution is 2.37. The topological polar surface area (TPSA) is 21.3 Å². The summed E-state index contributed by atoms with van der Waals surface area (Å²) in [5, 5.41) is 3.98. The molecule has 2 saturated carbocycles. The van der Waals surface area contributed by atoms with Crippen molar-refractivity contribution in [3.05, 3.63) is 0 Å². The van der Waals surface area contributed by atoms with Gasteiger partial charge in [0.25, 0.3) is 0 Å². The number of rotatable bonds is 0.